The number of amides is 1. The van der Waals surface area contributed by atoms with Crippen molar-refractivity contribution in [3.63, 3.8) is 0 Å². The third-order valence-electron chi connectivity index (χ3n) is 6.02. The summed E-state index contributed by atoms with van der Waals surface area (Å²) in [6.07, 6.45) is 8.70. The summed E-state index contributed by atoms with van der Waals surface area (Å²) in [5, 5.41) is 0. The first-order valence-electron chi connectivity index (χ1n) is 11.4. The maximum absolute atomic E-state index is 12.7. The molecule has 4 rings (SSSR count). The van der Waals surface area contributed by atoms with E-state index in [-0.39, 0.29) is 12.6 Å². The van der Waals surface area contributed by atoms with Gasteiger partial charge in [-0.3, -0.25) is 14.5 Å². The number of carbonyl (C=O) groups excluding carboxylic acids is 2. The van der Waals surface area contributed by atoms with E-state index in [1.165, 1.54) is 58.4 Å². The van der Waals surface area contributed by atoms with E-state index in [0.717, 1.165) is 31.4 Å². The molecular formula is C26H28N2O3S2. The van der Waals surface area contributed by atoms with Gasteiger partial charge in [0, 0.05) is 17.9 Å². The Labute approximate surface area is 204 Å². The molecular weight excluding hydrogens is 452 g/mol. The van der Waals surface area contributed by atoms with Gasteiger partial charge in [-0.15, -0.1) is 0 Å². The van der Waals surface area contributed by atoms with Crippen LogP contribution in [0, 0.1) is 0 Å². The second-order valence-corrected chi connectivity index (χ2v) is 9.91. The number of rotatable bonds is 9. The zero-order valence-corrected chi connectivity index (χ0v) is 20.4. The predicted octanol–water partition coefficient (Wildman–Crippen LogP) is 5.84. The van der Waals surface area contributed by atoms with Crippen LogP contribution >= 0.6 is 24.0 Å². The molecule has 33 heavy (non-hydrogen) atoms. The summed E-state index contributed by atoms with van der Waals surface area (Å²) in [5.74, 6) is -0.230. The van der Waals surface area contributed by atoms with Crippen molar-refractivity contribution >= 4 is 58.1 Å². The number of hydrogen-bond acceptors (Lipinski definition) is 6. The smallest absolute Gasteiger partial charge is 0.294 e. The minimum absolute atomic E-state index is 0.152. The van der Waals surface area contributed by atoms with Gasteiger partial charge in [0.1, 0.15) is 0 Å². The van der Waals surface area contributed by atoms with Gasteiger partial charge in [-0.1, -0.05) is 74.4 Å². The van der Waals surface area contributed by atoms with Crippen LogP contribution in [0.25, 0.3) is 6.08 Å². The normalized spacial score (nSPS) is 16.6. The molecule has 0 radical (unpaired) electrons. The summed E-state index contributed by atoms with van der Waals surface area (Å²) >= 11 is 6.52. The lowest BCUT2D eigenvalue weighted by Crippen LogP contribution is -2.30. The minimum Gasteiger partial charge on any atom is -0.446 e. The Morgan fingerprint density at radius 1 is 1.03 bits per heavy atom. The van der Waals surface area contributed by atoms with Crippen LogP contribution in [0.4, 0.5) is 11.4 Å². The summed E-state index contributed by atoms with van der Waals surface area (Å²) < 4.78 is 5.13. The fourth-order valence-corrected chi connectivity index (χ4v) is 5.58. The van der Waals surface area contributed by atoms with Crippen molar-refractivity contribution in [3.05, 3.63) is 64.1 Å². The molecule has 2 aromatic carbocycles. The van der Waals surface area contributed by atoms with Gasteiger partial charge in [0.05, 0.1) is 4.91 Å². The molecule has 0 aliphatic carbocycles. The predicted molar refractivity (Wildman–Crippen MR) is 138 cm³/mol. The van der Waals surface area contributed by atoms with Gasteiger partial charge >= 0.3 is 0 Å². The first-order valence-corrected chi connectivity index (χ1v) is 12.6. The number of anilines is 2. The van der Waals surface area contributed by atoms with Gasteiger partial charge in [0.15, 0.2) is 11.1 Å². The summed E-state index contributed by atoms with van der Waals surface area (Å²) in [6.45, 7) is 3.40. The van der Waals surface area contributed by atoms with E-state index in [0.29, 0.717) is 15.7 Å². The fraction of sp³-hybridized carbons (Fsp3) is 0.346. The standard InChI is InChI=1S/C26H28N2O3S2/c1-2-3-4-7-14-27-22-9-6-5-8-20(22)11-12-21-15-19(10-13-23(21)27)16-24-25(30)28(17-31-18-29)26(32)33-24/h5-6,8-10,13,15-16,18H,2-4,7,11-12,14,17H2,1H3/b24-16+. The lowest BCUT2D eigenvalue weighted by atomic mass is 10.0. The molecule has 2 aliphatic heterocycles. The van der Waals surface area contributed by atoms with E-state index in [4.69, 9.17) is 17.0 Å². The lowest BCUT2D eigenvalue weighted by molar-refractivity contribution is -0.135. The molecule has 0 unspecified atom stereocenters. The van der Waals surface area contributed by atoms with Crippen LogP contribution in [0.1, 0.15) is 49.3 Å². The van der Waals surface area contributed by atoms with E-state index in [1.54, 1.807) is 0 Å². The number of carbonyl (C=O) groups is 2. The maximum Gasteiger partial charge on any atom is 0.294 e. The maximum atomic E-state index is 12.7. The van der Waals surface area contributed by atoms with Gasteiger partial charge in [-0.05, 0) is 60.2 Å². The number of thiocarbonyl (C=S) groups is 1. The zero-order chi connectivity index (χ0) is 23.2. The third kappa shape index (κ3) is 5.31. The summed E-state index contributed by atoms with van der Waals surface area (Å²) in [7, 11) is 0. The van der Waals surface area contributed by atoms with Crippen LogP contribution in [-0.4, -0.2) is 34.9 Å². The molecule has 0 aromatic heterocycles. The molecule has 2 aliphatic rings. The SMILES string of the molecule is CCCCCCN1c2ccccc2CCc2cc(/C=C3/SC(=S)N(COC=O)C3=O)ccc21. The van der Waals surface area contributed by atoms with Crippen LogP contribution in [0.15, 0.2) is 47.4 Å². The van der Waals surface area contributed by atoms with Crippen LogP contribution in [0.3, 0.4) is 0 Å². The van der Waals surface area contributed by atoms with E-state index in [2.05, 4.69) is 54.3 Å². The highest BCUT2D eigenvalue weighted by Gasteiger charge is 2.32. The number of nitrogens with zero attached hydrogens (tertiary/aromatic N) is 2. The summed E-state index contributed by atoms with van der Waals surface area (Å²) in [5.41, 5.74) is 6.19. The average Bonchev–Trinajstić information content (AvgIpc) is 2.99. The van der Waals surface area contributed by atoms with Crippen molar-refractivity contribution in [2.45, 2.75) is 45.4 Å². The lowest BCUT2D eigenvalue weighted by Gasteiger charge is -2.27. The minimum atomic E-state index is -0.230. The molecule has 2 aromatic rings. The molecule has 1 amide bonds. The van der Waals surface area contributed by atoms with Gasteiger partial charge < -0.3 is 9.64 Å². The molecule has 1 saturated heterocycles. The molecule has 5 nitrogen and oxygen atoms in total. The number of fused-ring (bicyclic) bond motifs is 2. The van der Waals surface area contributed by atoms with Gasteiger partial charge in [-0.25, -0.2) is 0 Å². The van der Waals surface area contributed by atoms with Gasteiger partial charge in [-0.2, -0.15) is 0 Å². The number of hydrogen-bond donors (Lipinski definition) is 0. The molecule has 7 heteroatoms. The van der Waals surface area contributed by atoms with Crippen LogP contribution in [-0.2, 0) is 27.2 Å². The highest BCUT2D eigenvalue weighted by molar-refractivity contribution is 8.26. The molecule has 0 atom stereocenters. The number of thioether (sulfide) groups is 1. The summed E-state index contributed by atoms with van der Waals surface area (Å²) in [4.78, 5) is 27.5. The van der Waals surface area contributed by atoms with E-state index in [9.17, 15) is 9.59 Å². The number of benzene rings is 2. The Bertz CT molecular complexity index is 1080. The molecule has 2 heterocycles. The van der Waals surface area contributed by atoms with Crippen LogP contribution < -0.4 is 4.90 Å². The topological polar surface area (TPSA) is 49.9 Å². The van der Waals surface area contributed by atoms with Gasteiger partial charge in [0.25, 0.3) is 12.4 Å². The number of unbranched alkanes of at least 4 members (excludes halogenated alkanes) is 3. The highest BCUT2D eigenvalue weighted by Crippen LogP contribution is 2.38. The second kappa shape index (κ2) is 11.0. The number of aryl methyl sites for hydroxylation is 2. The van der Waals surface area contributed by atoms with Crippen molar-refractivity contribution in [2.24, 2.45) is 0 Å². The highest BCUT2D eigenvalue weighted by atomic mass is 32.2. The Kier molecular flexibility index (Phi) is 7.83. The number of para-hydroxylation sites is 1. The summed E-state index contributed by atoms with van der Waals surface area (Å²) in [6, 6.07) is 15.1. The molecule has 172 valence electrons. The van der Waals surface area contributed by atoms with Crippen LogP contribution in [0.2, 0.25) is 0 Å². The largest absolute Gasteiger partial charge is 0.446 e. The van der Waals surface area contributed by atoms with E-state index in [1.807, 2.05) is 6.08 Å². The monoisotopic (exact) mass is 480 g/mol. The Balaban J connectivity index is 1.61. The first kappa shape index (κ1) is 23.5. The Morgan fingerprint density at radius 3 is 2.64 bits per heavy atom. The average molecular weight is 481 g/mol. The van der Waals surface area contributed by atoms with Gasteiger partial charge in [0.2, 0.25) is 0 Å². The van der Waals surface area contributed by atoms with Crippen molar-refractivity contribution < 1.29 is 14.3 Å². The quantitative estimate of drug-likeness (QED) is 0.195. The number of ether oxygens (including phenoxy) is 1. The van der Waals surface area contributed by atoms with Crippen molar-refractivity contribution in [1.29, 1.82) is 0 Å². The molecule has 0 N–H and O–H groups in total. The fourth-order valence-electron chi connectivity index (χ4n) is 4.35. The second-order valence-electron chi connectivity index (χ2n) is 8.23. The molecule has 0 spiro atoms. The van der Waals surface area contributed by atoms with Crippen molar-refractivity contribution in [2.75, 3.05) is 18.2 Å². The van der Waals surface area contributed by atoms with E-state index >= 15 is 0 Å². The molecule has 0 bridgehead atoms. The van der Waals surface area contributed by atoms with Crippen molar-refractivity contribution in [3.8, 4) is 0 Å². The third-order valence-corrected chi connectivity index (χ3v) is 7.40. The van der Waals surface area contributed by atoms with Crippen LogP contribution in [0.5, 0.6) is 0 Å². The van der Waals surface area contributed by atoms with E-state index < -0.39 is 0 Å². The molecule has 0 saturated carbocycles. The zero-order valence-electron chi connectivity index (χ0n) is 18.8. The molecule has 1 fully saturated rings. The Morgan fingerprint density at radius 2 is 1.82 bits per heavy atom. The first-order chi connectivity index (χ1) is 16.1. The Hall–Kier alpha value is -2.64. The van der Waals surface area contributed by atoms with Crippen molar-refractivity contribution in [1.82, 2.24) is 4.90 Å².